The van der Waals surface area contributed by atoms with E-state index >= 15 is 0 Å². The maximum Gasteiger partial charge on any atom is 0.235 e. The Kier molecular flexibility index (Phi) is 4.69. The van der Waals surface area contributed by atoms with Crippen molar-refractivity contribution >= 4 is 22.4 Å². The lowest BCUT2D eigenvalue weighted by atomic mass is 10.2. The summed E-state index contributed by atoms with van der Waals surface area (Å²) in [5, 5.41) is 2.09. The fourth-order valence-corrected chi connectivity index (χ4v) is 2.74. The van der Waals surface area contributed by atoms with E-state index in [0.29, 0.717) is 17.1 Å². The van der Waals surface area contributed by atoms with Crippen molar-refractivity contribution in [3.63, 3.8) is 0 Å². The molecule has 2 unspecified atom stereocenters. The number of nitrogens with two attached hydrogens (primary N) is 1. The minimum absolute atomic E-state index is 0.201. The first kappa shape index (κ1) is 13.7. The van der Waals surface area contributed by atoms with E-state index in [4.69, 9.17) is 5.73 Å². The van der Waals surface area contributed by atoms with Gasteiger partial charge in [-0.05, 0) is 38.5 Å². The number of nitrogens with one attached hydrogen (secondary N) is 1. The van der Waals surface area contributed by atoms with Gasteiger partial charge >= 0.3 is 0 Å². The van der Waals surface area contributed by atoms with Gasteiger partial charge in [-0.15, -0.1) is 0 Å². The normalized spacial score (nSPS) is 14.1. The van der Waals surface area contributed by atoms with Crippen LogP contribution in [0.3, 0.4) is 0 Å². The summed E-state index contributed by atoms with van der Waals surface area (Å²) in [6.45, 7) is 5.89. The highest BCUT2D eigenvalue weighted by atomic mass is 32.2. The van der Waals surface area contributed by atoms with Crippen molar-refractivity contribution in [2.75, 3.05) is 12.3 Å². The second-order valence-corrected chi connectivity index (χ2v) is 5.60. The highest BCUT2D eigenvalue weighted by molar-refractivity contribution is 7.86. The molecule has 2 atom stereocenters. The molecule has 1 aromatic carbocycles. The average Bonchev–Trinajstić information content (AvgIpc) is 2.30. The van der Waals surface area contributed by atoms with Crippen LogP contribution in [-0.2, 0) is 15.6 Å². The van der Waals surface area contributed by atoms with E-state index in [9.17, 15) is 9.00 Å². The maximum atomic E-state index is 12.2. The second kappa shape index (κ2) is 5.82. The van der Waals surface area contributed by atoms with Crippen LogP contribution < -0.4 is 11.1 Å². The Labute approximate surface area is 104 Å². The molecule has 0 spiro atoms. The Balaban J connectivity index is 2.96. The molecule has 0 aliphatic rings. The van der Waals surface area contributed by atoms with E-state index in [-0.39, 0.29) is 5.91 Å². The van der Waals surface area contributed by atoms with Gasteiger partial charge < -0.3 is 11.1 Å². The molecule has 0 bridgehead atoms. The van der Waals surface area contributed by atoms with E-state index in [0.717, 1.165) is 5.56 Å². The molecule has 4 nitrogen and oxygen atoms in total. The quantitative estimate of drug-likeness (QED) is 0.793. The molecule has 94 valence electrons. The summed E-state index contributed by atoms with van der Waals surface area (Å²) in [5.74, 6) is -0.201. The fourth-order valence-electron chi connectivity index (χ4n) is 1.44. The molecule has 1 amide bonds. The molecule has 0 radical (unpaired) electrons. The molecule has 0 saturated heterocycles. The maximum absolute atomic E-state index is 12.2. The minimum Gasteiger partial charge on any atom is -0.399 e. The highest BCUT2D eigenvalue weighted by Crippen LogP contribution is 2.19. The van der Waals surface area contributed by atoms with E-state index in [2.05, 4.69) is 5.32 Å². The first-order valence-electron chi connectivity index (χ1n) is 5.51. The number of hydrogen-bond donors (Lipinski definition) is 2. The number of carbonyl (C=O) groups is 1. The zero-order chi connectivity index (χ0) is 13.0. The Morgan fingerprint density at radius 3 is 2.76 bits per heavy atom. The molecular formula is C12H18N2O2S. The first-order chi connectivity index (χ1) is 7.97. The van der Waals surface area contributed by atoms with Crippen LogP contribution in [0.2, 0.25) is 0 Å². The number of carbonyl (C=O) groups excluding carboxylic acids is 1. The summed E-state index contributed by atoms with van der Waals surface area (Å²) in [4.78, 5) is 12.2. The first-order valence-corrected chi connectivity index (χ1v) is 6.73. The predicted molar refractivity (Wildman–Crippen MR) is 70.1 cm³/mol. The van der Waals surface area contributed by atoms with Crippen molar-refractivity contribution in [1.29, 1.82) is 0 Å². The standard InChI is InChI=1S/C12H18N2O2S/c1-4-14-12(15)9(3)17(16)11-7-10(13)6-5-8(11)2/h5-7,9H,4,13H2,1-3H3,(H,14,15). The number of amides is 1. The van der Waals surface area contributed by atoms with Crippen LogP contribution in [0.5, 0.6) is 0 Å². The topological polar surface area (TPSA) is 72.2 Å². The van der Waals surface area contributed by atoms with Crippen molar-refractivity contribution in [2.45, 2.75) is 30.9 Å². The van der Waals surface area contributed by atoms with Gasteiger partial charge in [-0.1, -0.05) is 6.07 Å². The molecule has 0 heterocycles. The molecule has 3 N–H and O–H groups in total. The summed E-state index contributed by atoms with van der Waals surface area (Å²) in [6, 6.07) is 5.24. The second-order valence-electron chi connectivity index (χ2n) is 3.86. The third-order valence-electron chi connectivity index (χ3n) is 2.47. The van der Waals surface area contributed by atoms with Gasteiger partial charge in [-0.3, -0.25) is 9.00 Å². The van der Waals surface area contributed by atoms with Gasteiger partial charge in [-0.25, -0.2) is 0 Å². The molecule has 5 heteroatoms. The van der Waals surface area contributed by atoms with Crippen LogP contribution in [0.25, 0.3) is 0 Å². The van der Waals surface area contributed by atoms with E-state index in [1.165, 1.54) is 0 Å². The molecule has 0 aliphatic carbocycles. The van der Waals surface area contributed by atoms with Gasteiger partial charge in [0.15, 0.2) is 0 Å². The summed E-state index contributed by atoms with van der Waals surface area (Å²) in [7, 11) is -1.37. The number of hydrogen-bond acceptors (Lipinski definition) is 3. The molecule has 1 rings (SSSR count). The number of benzene rings is 1. The molecular weight excluding hydrogens is 236 g/mol. The van der Waals surface area contributed by atoms with Crippen molar-refractivity contribution in [3.8, 4) is 0 Å². The lowest BCUT2D eigenvalue weighted by Crippen LogP contribution is -2.35. The largest absolute Gasteiger partial charge is 0.399 e. The molecule has 0 aromatic heterocycles. The Bertz CT molecular complexity index is 446. The van der Waals surface area contributed by atoms with Crippen molar-refractivity contribution < 1.29 is 9.00 Å². The molecule has 17 heavy (non-hydrogen) atoms. The lowest BCUT2D eigenvalue weighted by molar-refractivity contribution is -0.120. The van der Waals surface area contributed by atoms with Gasteiger partial charge in [0.1, 0.15) is 5.25 Å². The monoisotopic (exact) mass is 254 g/mol. The molecule has 0 aliphatic heterocycles. The summed E-state index contributed by atoms with van der Waals surface area (Å²) in [5.41, 5.74) is 7.11. The third kappa shape index (κ3) is 3.30. The average molecular weight is 254 g/mol. The zero-order valence-electron chi connectivity index (χ0n) is 10.3. The Morgan fingerprint density at radius 1 is 1.53 bits per heavy atom. The Morgan fingerprint density at radius 2 is 2.18 bits per heavy atom. The van der Waals surface area contributed by atoms with E-state index < -0.39 is 16.0 Å². The lowest BCUT2D eigenvalue weighted by Gasteiger charge is -2.13. The van der Waals surface area contributed by atoms with Crippen LogP contribution >= 0.6 is 0 Å². The minimum atomic E-state index is -1.37. The van der Waals surface area contributed by atoms with Crippen molar-refractivity contribution in [1.82, 2.24) is 5.32 Å². The summed E-state index contributed by atoms with van der Waals surface area (Å²) in [6.07, 6.45) is 0. The number of anilines is 1. The molecule has 1 aromatic rings. The Hall–Kier alpha value is -1.36. The van der Waals surface area contributed by atoms with E-state index in [1.807, 2.05) is 19.9 Å². The van der Waals surface area contributed by atoms with Gasteiger partial charge in [0.2, 0.25) is 5.91 Å². The number of rotatable bonds is 4. The van der Waals surface area contributed by atoms with Crippen LogP contribution in [0.15, 0.2) is 23.1 Å². The molecule has 0 fully saturated rings. The summed E-state index contributed by atoms with van der Waals surface area (Å²) < 4.78 is 12.2. The predicted octanol–water partition coefficient (Wildman–Crippen LogP) is 1.21. The van der Waals surface area contributed by atoms with Crippen molar-refractivity contribution in [2.24, 2.45) is 0 Å². The smallest absolute Gasteiger partial charge is 0.235 e. The van der Waals surface area contributed by atoms with Crippen LogP contribution in [-0.4, -0.2) is 21.9 Å². The van der Waals surface area contributed by atoms with E-state index in [1.54, 1.807) is 19.1 Å². The highest BCUT2D eigenvalue weighted by Gasteiger charge is 2.22. The van der Waals surface area contributed by atoms with Gasteiger partial charge in [-0.2, -0.15) is 0 Å². The number of nitrogen functional groups attached to an aromatic ring is 1. The van der Waals surface area contributed by atoms with Crippen LogP contribution in [0.4, 0.5) is 5.69 Å². The van der Waals surface area contributed by atoms with Gasteiger partial charge in [0, 0.05) is 17.1 Å². The summed E-state index contributed by atoms with van der Waals surface area (Å²) >= 11 is 0. The van der Waals surface area contributed by atoms with Gasteiger partial charge in [0.25, 0.3) is 0 Å². The fraction of sp³-hybridized carbons (Fsp3) is 0.417. The van der Waals surface area contributed by atoms with Gasteiger partial charge in [0.05, 0.1) is 10.8 Å². The van der Waals surface area contributed by atoms with Crippen LogP contribution in [0.1, 0.15) is 19.4 Å². The number of aryl methyl sites for hydroxylation is 1. The zero-order valence-corrected chi connectivity index (χ0v) is 11.1. The third-order valence-corrected chi connectivity index (χ3v) is 4.20. The molecule has 0 saturated carbocycles. The SMILES string of the molecule is CCNC(=O)C(C)S(=O)c1cc(N)ccc1C. The van der Waals surface area contributed by atoms with Crippen LogP contribution in [0, 0.1) is 6.92 Å². The van der Waals surface area contributed by atoms with Crippen molar-refractivity contribution in [3.05, 3.63) is 23.8 Å².